The molecule has 0 aliphatic carbocycles. The Hall–Kier alpha value is -0.950. The molecule has 1 aromatic carbocycles. The van der Waals surface area contributed by atoms with Crippen LogP contribution in [-0.2, 0) is 7.05 Å². The highest BCUT2D eigenvalue weighted by molar-refractivity contribution is 6.35. The number of fused-ring (bicyclic) bond motifs is 1. The SMILES string of the molecule is CC(C)c1cc(Cl)c2c(ccn2C)c1. The van der Waals surface area contributed by atoms with E-state index in [1.54, 1.807) is 0 Å². The van der Waals surface area contributed by atoms with Crippen LogP contribution in [0.15, 0.2) is 24.4 Å². The Morgan fingerprint density at radius 2 is 2.00 bits per heavy atom. The normalized spacial score (nSPS) is 11.5. The number of nitrogens with zero attached hydrogens (tertiary/aromatic N) is 1. The fourth-order valence-corrected chi connectivity index (χ4v) is 2.11. The van der Waals surface area contributed by atoms with Gasteiger partial charge in [0.1, 0.15) is 0 Å². The Balaban J connectivity index is 2.74. The second-order valence-corrected chi connectivity index (χ2v) is 4.43. The minimum Gasteiger partial charge on any atom is -0.349 e. The van der Waals surface area contributed by atoms with Crippen LogP contribution in [0.5, 0.6) is 0 Å². The van der Waals surface area contributed by atoms with E-state index in [2.05, 4.69) is 36.6 Å². The molecule has 2 rings (SSSR count). The van der Waals surface area contributed by atoms with Crippen molar-refractivity contribution in [2.45, 2.75) is 19.8 Å². The van der Waals surface area contributed by atoms with Crippen molar-refractivity contribution < 1.29 is 0 Å². The van der Waals surface area contributed by atoms with Crippen LogP contribution in [0, 0.1) is 0 Å². The first-order valence-corrected chi connectivity index (χ1v) is 5.22. The van der Waals surface area contributed by atoms with Crippen molar-refractivity contribution in [1.29, 1.82) is 0 Å². The van der Waals surface area contributed by atoms with E-state index < -0.39 is 0 Å². The smallest absolute Gasteiger partial charge is 0.0667 e. The Morgan fingerprint density at radius 3 is 2.64 bits per heavy atom. The number of rotatable bonds is 1. The summed E-state index contributed by atoms with van der Waals surface area (Å²) in [6.45, 7) is 4.36. The van der Waals surface area contributed by atoms with E-state index in [4.69, 9.17) is 11.6 Å². The number of aryl methyl sites for hydroxylation is 1. The maximum absolute atomic E-state index is 6.23. The summed E-state index contributed by atoms with van der Waals surface area (Å²) in [5.41, 5.74) is 2.42. The molecule has 0 N–H and O–H groups in total. The molecule has 0 bridgehead atoms. The third-order valence-electron chi connectivity index (χ3n) is 2.61. The third-order valence-corrected chi connectivity index (χ3v) is 2.90. The first-order valence-electron chi connectivity index (χ1n) is 4.84. The number of aromatic nitrogens is 1. The van der Waals surface area contributed by atoms with E-state index in [0.29, 0.717) is 5.92 Å². The lowest BCUT2D eigenvalue weighted by Crippen LogP contribution is -1.90. The first-order chi connectivity index (χ1) is 6.59. The molecule has 0 amide bonds. The van der Waals surface area contributed by atoms with Crippen LogP contribution in [0.3, 0.4) is 0 Å². The molecule has 0 aliphatic heterocycles. The summed E-state index contributed by atoms with van der Waals surface area (Å²) in [5, 5.41) is 2.07. The van der Waals surface area contributed by atoms with Gasteiger partial charge in [-0.3, -0.25) is 0 Å². The molecule has 1 heterocycles. The van der Waals surface area contributed by atoms with Gasteiger partial charge in [0.25, 0.3) is 0 Å². The highest BCUT2D eigenvalue weighted by atomic mass is 35.5. The second-order valence-electron chi connectivity index (χ2n) is 4.02. The summed E-state index contributed by atoms with van der Waals surface area (Å²) in [4.78, 5) is 0. The van der Waals surface area contributed by atoms with Crippen molar-refractivity contribution in [2.24, 2.45) is 7.05 Å². The summed E-state index contributed by atoms with van der Waals surface area (Å²) < 4.78 is 2.06. The van der Waals surface area contributed by atoms with Gasteiger partial charge in [0.2, 0.25) is 0 Å². The second kappa shape index (κ2) is 3.32. The Bertz CT molecular complexity index is 468. The highest BCUT2D eigenvalue weighted by Gasteiger charge is 2.07. The van der Waals surface area contributed by atoms with Gasteiger partial charge in [-0.15, -0.1) is 0 Å². The van der Waals surface area contributed by atoms with Crippen LogP contribution in [0.25, 0.3) is 10.9 Å². The lowest BCUT2D eigenvalue weighted by Gasteiger charge is -2.07. The van der Waals surface area contributed by atoms with Crippen LogP contribution in [-0.4, -0.2) is 4.57 Å². The molecule has 1 aromatic heterocycles. The predicted octanol–water partition coefficient (Wildman–Crippen LogP) is 3.96. The summed E-state index contributed by atoms with van der Waals surface area (Å²) in [5.74, 6) is 0.525. The van der Waals surface area contributed by atoms with Crippen LogP contribution >= 0.6 is 11.6 Å². The van der Waals surface area contributed by atoms with Gasteiger partial charge in [-0.25, -0.2) is 0 Å². The van der Waals surface area contributed by atoms with E-state index in [9.17, 15) is 0 Å². The lowest BCUT2D eigenvalue weighted by atomic mass is 10.0. The monoisotopic (exact) mass is 207 g/mol. The molecule has 0 saturated heterocycles. The lowest BCUT2D eigenvalue weighted by molar-refractivity contribution is 0.868. The van der Waals surface area contributed by atoms with Crippen LogP contribution in [0.1, 0.15) is 25.3 Å². The summed E-state index contributed by atoms with van der Waals surface area (Å²) >= 11 is 6.23. The Morgan fingerprint density at radius 1 is 1.29 bits per heavy atom. The molecule has 2 aromatic rings. The molecule has 0 saturated carbocycles. The highest BCUT2D eigenvalue weighted by Crippen LogP contribution is 2.28. The Labute approximate surface area is 89.3 Å². The fourth-order valence-electron chi connectivity index (χ4n) is 1.74. The van der Waals surface area contributed by atoms with Gasteiger partial charge in [-0.1, -0.05) is 25.4 Å². The maximum atomic E-state index is 6.23. The zero-order valence-corrected chi connectivity index (χ0v) is 9.47. The van der Waals surface area contributed by atoms with E-state index in [0.717, 1.165) is 10.5 Å². The molecule has 0 atom stereocenters. The number of halogens is 1. The van der Waals surface area contributed by atoms with Gasteiger partial charge in [0.05, 0.1) is 10.5 Å². The molecule has 2 heteroatoms. The van der Waals surface area contributed by atoms with Gasteiger partial charge in [0, 0.05) is 18.6 Å². The average Bonchev–Trinajstić information content (AvgIpc) is 2.48. The topological polar surface area (TPSA) is 4.93 Å². The van der Waals surface area contributed by atoms with Crippen molar-refractivity contribution in [1.82, 2.24) is 4.57 Å². The Kier molecular flexibility index (Phi) is 2.28. The molecule has 1 nitrogen and oxygen atoms in total. The molecular weight excluding hydrogens is 194 g/mol. The molecule has 0 fully saturated rings. The standard InChI is InChI=1S/C12H14ClN/c1-8(2)10-6-9-4-5-14(3)12(9)11(13)7-10/h4-8H,1-3H3. The van der Waals surface area contributed by atoms with Gasteiger partial charge in [-0.05, 0) is 29.7 Å². The first kappa shape index (κ1) is 9.60. The minimum atomic E-state index is 0.525. The van der Waals surface area contributed by atoms with Crippen LogP contribution in [0.4, 0.5) is 0 Å². The van der Waals surface area contributed by atoms with Gasteiger partial charge in [-0.2, -0.15) is 0 Å². The van der Waals surface area contributed by atoms with Crippen molar-refractivity contribution >= 4 is 22.5 Å². The van der Waals surface area contributed by atoms with Crippen LogP contribution < -0.4 is 0 Å². The van der Waals surface area contributed by atoms with Gasteiger partial charge >= 0.3 is 0 Å². The number of hydrogen-bond acceptors (Lipinski definition) is 0. The van der Waals surface area contributed by atoms with E-state index in [-0.39, 0.29) is 0 Å². The maximum Gasteiger partial charge on any atom is 0.0667 e. The minimum absolute atomic E-state index is 0.525. The van der Waals surface area contributed by atoms with E-state index in [1.807, 2.05) is 13.2 Å². The quantitative estimate of drug-likeness (QED) is 0.667. The summed E-state index contributed by atoms with van der Waals surface area (Å²) in [6, 6.07) is 6.38. The largest absolute Gasteiger partial charge is 0.349 e. The zero-order chi connectivity index (χ0) is 10.3. The van der Waals surface area contributed by atoms with Crippen molar-refractivity contribution in [3.63, 3.8) is 0 Å². The molecular formula is C12H14ClN. The third kappa shape index (κ3) is 1.42. The van der Waals surface area contributed by atoms with Gasteiger partial charge < -0.3 is 4.57 Å². The molecule has 0 aliphatic rings. The molecule has 0 radical (unpaired) electrons. The average molecular weight is 208 g/mol. The van der Waals surface area contributed by atoms with Crippen molar-refractivity contribution in [3.05, 3.63) is 35.0 Å². The number of hydrogen-bond donors (Lipinski definition) is 0. The predicted molar refractivity (Wildman–Crippen MR) is 62.0 cm³/mol. The zero-order valence-electron chi connectivity index (χ0n) is 8.71. The van der Waals surface area contributed by atoms with Crippen molar-refractivity contribution in [3.8, 4) is 0 Å². The molecule has 0 unspecified atom stereocenters. The molecule has 0 spiro atoms. The van der Waals surface area contributed by atoms with Crippen LogP contribution in [0.2, 0.25) is 5.02 Å². The van der Waals surface area contributed by atoms with Gasteiger partial charge in [0.15, 0.2) is 0 Å². The summed E-state index contributed by atoms with van der Waals surface area (Å²) in [7, 11) is 2.02. The molecule has 74 valence electrons. The molecule has 14 heavy (non-hydrogen) atoms. The number of benzene rings is 1. The van der Waals surface area contributed by atoms with E-state index >= 15 is 0 Å². The fraction of sp³-hybridized carbons (Fsp3) is 0.333. The van der Waals surface area contributed by atoms with Crippen molar-refractivity contribution in [2.75, 3.05) is 0 Å². The van der Waals surface area contributed by atoms with E-state index in [1.165, 1.54) is 10.9 Å². The summed E-state index contributed by atoms with van der Waals surface area (Å²) in [6.07, 6.45) is 2.04.